The lowest BCUT2D eigenvalue weighted by Crippen LogP contribution is -2.57. The van der Waals surface area contributed by atoms with Gasteiger partial charge in [0.2, 0.25) is 0 Å². The Morgan fingerprint density at radius 2 is 1.74 bits per heavy atom. The molecule has 4 aliphatic carbocycles. The molecule has 0 heterocycles. The van der Waals surface area contributed by atoms with Crippen LogP contribution in [-0.4, -0.2) is 16.9 Å². The SMILES string of the molecule is O=C(O)C12CC3CC(C1)CC(C(=O)c1c(F)cccc1Cl)(C3)C2. The van der Waals surface area contributed by atoms with Crippen LogP contribution in [0.1, 0.15) is 48.9 Å². The Morgan fingerprint density at radius 1 is 1.13 bits per heavy atom. The molecule has 0 aromatic heterocycles. The minimum Gasteiger partial charge on any atom is -0.481 e. The van der Waals surface area contributed by atoms with Gasteiger partial charge >= 0.3 is 5.97 Å². The van der Waals surface area contributed by atoms with Gasteiger partial charge in [-0.3, -0.25) is 9.59 Å². The van der Waals surface area contributed by atoms with Gasteiger partial charge in [0, 0.05) is 5.41 Å². The van der Waals surface area contributed by atoms with Gasteiger partial charge in [0.1, 0.15) is 5.82 Å². The van der Waals surface area contributed by atoms with E-state index in [1.54, 1.807) is 0 Å². The Balaban J connectivity index is 1.79. The normalized spacial score (nSPS) is 37.8. The van der Waals surface area contributed by atoms with Gasteiger partial charge in [-0.1, -0.05) is 17.7 Å². The number of aliphatic carboxylic acids is 1. The smallest absolute Gasteiger partial charge is 0.309 e. The Labute approximate surface area is 138 Å². The van der Waals surface area contributed by atoms with Crippen LogP contribution in [0, 0.1) is 28.5 Å². The molecule has 4 saturated carbocycles. The van der Waals surface area contributed by atoms with Gasteiger partial charge in [-0.2, -0.15) is 0 Å². The van der Waals surface area contributed by atoms with Crippen LogP contribution >= 0.6 is 11.6 Å². The number of carboxylic acid groups (broad SMARTS) is 1. The molecule has 0 saturated heterocycles. The molecule has 2 atom stereocenters. The average molecular weight is 337 g/mol. The molecule has 122 valence electrons. The summed E-state index contributed by atoms with van der Waals surface area (Å²) in [7, 11) is 0. The highest BCUT2D eigenvalue weighted by molar-refractivity contribution is 6.34. The fraction of sp³-hybridized carbons (Fsp3) is 0.556. The van der Waals surface area contributed by atoms with Crippen molar-refractivity contribution in [2.45, 2.75) is 38.5 Å². The molecule has 0 amide bonds. The average Bonchev–Trinajstić information content (AvgIpc) is 2.45. The number of Topliss-reactive ketones (excluding diaryl/α,β-unsaturated/α-hetero) is 1. The maximum Gasteiger partial charge on any atom is 0.309 e. The second kappa shape index (κ2) is 4.79. The fourth-order valence-electron chi connectivity index (χ4n) is 5.76. The largest absolute Gasteiger partial charge is 0.481 e. The van der Waals surface area contributed by atoms with Crippen molar-refractivity contribution in [2.75, 3.05) is 0 Å². The lowest BCUT2D eigenvalue weighted by molar-refractivity contribution is -0.169. The van der Waals surface area contributed by atoms with Gasteiger partial charge in [0.15, 0.2) is 5.78 Å². The van der Waals surface area contributed by atoms with Crippen molar-refractivity contribution in [2.24, 2.45) is 22.7 Å². The van der Waals surface area contributed by atoms with E-state index in [2.05, 4.69) is 0 Å². The molecule has 1 N–H and O–H groups in total. The maximum absolute atomic E-state index is 14.2. The summed E-state index contributed by atoms with van der Waals surface area (Å²) in [6, 6.07) is 4.24. The summed E-state index contributed by atoms with van der Waals surface area (Å²) in [6.07, 6.45) is 3.96. The van der Waals surface area contributed by atoms with Crippen LogP contribution in [0.3, 0.4) is 0 Å². The first-order valence-corrected chi connectivity index (χ1v) is 8.45. The van der Waals surface area contributed by atoms with Crippen molar-refractivity contribution in [1.82, 2.24) is 0 Å². The predicted octanol–water partition coefficient (Wildman–Crippen LogP) is 4.33. The number of benzene rings is 1. The number of rotatable bonds is 3. The van der Waals surface area contributed by atoms with Gasteiger partial charge in [-0.25, -0.2) is 4.39 Å². The lowest BCUT2D eigenvalue weighted by atomic mass is 9.43. The van der Waals surface area contributed by atoms with Crippen molar-refractivity contribution in [3.63, 3.8) is 0 Å². The van der Waals surface area contributed by atoms with Gasteiger partial charge in [0.05, 0.1) is 16.0 Å². The number of halogens is 2. The molecular formula is C18H18ClFO3. The van der Waals surface area contributed by atoms with Crippen LogP contribution in [-0.2, 0) is 4.79 Å². The van der Waals surface area contributed by atoms with Crippen LogP contribution in [0.4, 0.5) is 4.39 Å². The fourth-order valence-corrected chi connectivity index (χ4v) is 6.01. The van der Waals surface area contributed by atoms with E-state index in [1.165, 1.54) is 18.2 Å². The first-order valence-electron chi connectivity index (χ1n) is 8.07. The molecule has 2 unspecified atom stereocenters. The van der Waals surface area contributed by atoms with Crippen molar-refractivity contribution in [3.8, 4) is 0 Å². The second-order valence-electron chi connectivity index (χ2n) is 7.75. The highest BCUT2D eigenvalue weighted by Crippen LogP contribution is 2.66. The summed E-state index contributed by atoms with van der Waals surface area (Å²) < 4.78 is 14.2. The van der Waals surface area contributed by atoms with Gasteiger partial charge in [-0.15, -0.1) is 0 Å². The third-order valence-corrected chi connectivity index (χ3v) is 6.50. The Morgan fingerprint density at radius 3 is 2.30 bits per heavy atom. The van der Waals surface area contributed by atoms with E-state index in [9.17, 15) is 19.1 Å². The van der Waals surface area contributed by atoms with E-state index < -0.39 is 22.6 Å². The summed E-state index contributed by atoms with van der Waals surface area (Å²) in [4.78, 5) is 25.1. The van der Waals surface area contributed by atoms with Gasteiger partial charge in [0.25, 0.3) is 0 Å². The van der Waals surface area contributed by atoms with Crippen molar-refractivity contribution >= 4 is 23.4 Å². The standard InChI is InChI=1S/C18H18ClFO3/c19-12-2-1-3-13(20)14(12)15(21)17-5-10-4-11(6-17)8-18(7-10,9-17)16(22)23/h1-3,10-11H,4-9H2,(H,22,23). The lowest BCUT2D eigenvalue weighted by Gasteiger charge is -2.59. The Kier molecular flexibility index (Phi) is 3.15. The number of ketones is 1. The Hall–Kier alpha value is -1.42. The van der Waals surface area contributed by atoms with Crippen molar-refractivity contribution in [3.05, 3.63) is 34.6 Å². The maximum atomic E-state index is 14.2. The molecule has 4 bridgehead atoms. The highest BCUT2D eigenvalue weighted by Gasteiger charge is 2.63. The third kappa shape index (κ3) is 2.07. The monoisotopic (exact) mass is 336 g/mol. The van der Waals surface area contributed by atoms with Gasteiger partial charge < -0.3 is 5.11 Å². The van der Waals surface area contributed by atoms with E-state index >= 15 is 0 Å². The zero-order valence-corrected chi connectivity index (χ0v) is 13.4. The zero-order chi connectivity index (χ0) is 16.4. The topological polar surface area (TPSA) is 54.4 Å². The Bertz CT molecular complexity index is 680. The molecule has 5 rings (SSSR count). The molecule has 4 aliphatic rings. The van der Waals surface area contributed by atoms with Crippen LogP contribution in [0.5, 0.6) is 0 Å². The first-order chi connectivity index (χ1) is 10.9. The number of hydrogen-bond acceptors (Lipinski definition) is 2. The third-order valence-electron chi connectivity index (χ3n) is 6.19. The number of carbonyl (C=O) groups excluding carboxylic acids is 1. The molecule has 5 heteroatoms. The highest BCUT2D eigenvalue weighted by atomic mass is 35.5. The van der Waals surface area contributed by atoms with Crippen molar-refractivity contribution < 1.29 is 19.1 Å². The quantitative estimate of drug-likeness (QED) is 0.836. The molecule has 23 heavy (non-hydrogen) atoms. The van der Waals surface area contributed by atoms with Crippen molar-refractivity contribution in [1.29, 1.82) is 0 Å². The summed E-state index contributed by atoms with van der Waals surface area (Å²) in [5.41, 5.74) is -1.62. The molecule has 0 radical (unpaired) electrons. The minimum absolute atomic E-state index is 0.0587. The molecule has 3 nitrogen and oxygen atoms in total. The molecule has 4 fully saturated rings. The zero-order valence-electron chi connectivity index (χ0n) is 12.6. The van der Waals surface area contributed by atoms with E-state index in [1.807, 2.05) is 0 Å². The minimum atomic E-state index is -0.808. The van der Waals surface area contributed by atoms with Gasteiger partial charge in [-0.05, 0) is 62.5 Å². The van der Waals surface area contributed by atoms with Crippen LogP contribution in [0.25, 0.3) is 0 Å². The second-order valence-corrected chi connectivity index (χ2v) is 8.16. The number of hydrogen-bond donors (Lipinski definition) is 1. The summed E-state index contributed by atoms with van der Waals surface area (Å²) in [5.74, 6) is -1.20. The molecular weight excluding hydrogens is 319 g/mol. The molecule has 1 aromatic rings. The van der Waals surface area contributed by atoms with E-state index in [4.69, 9.17) is 11.6 Å². The van der Waals surface area contributed by atoms with E-state index in [0.717, 1.165) is 6.42 Å². The predicted molar refractivity (Wildman–Crippen MR) is 82.9 cm³/mol. The van der Waals surface area contributed by atoms with Crippen LogP contribution < -0.4 is 0 Å². The van der Waals surface area contributed by atoms with Crippen LogP contribution in [0.15, 0.2) is 18.2 Å². The van der Waals surface area contributed by atoms with Crippen LogP contribution in [0.2, 0.25) is 5.02 Å². The summed E-state index contributed by atoms with van der Waals surface area (Å²) in [5, 5.41) is 9.86. The molecule has 0 aliphatic heterocycles. The number of carboxylic acids is 1. The molecule has 0 spiro atoms. The summed E-state index contributed by atoms with van der Waals surface area (Å²) >= 11 is 6.08. The number of carbonyl (C=O) groups is 2. The van der Waals surface area contributed by atoms with E-state index in [0.29, 0.717) is 32.1 Å². The van der Waals surface area contributed by atoms with E-state index in [-0.39, 0.29) is 28.2 Å². The first kappa shape index (κ1) is 15.1. The molecule has 1 aromatic carbocycles. The summed E-state index contributed by atoms with van der Waals surface area (Å²) in [6.45, 7) is 0.